The first-order chi connectivity index (χ1) is 7.72. The summed E-state index contributed by atoms with van der Waals surface area (Å²) < 4.78 is 26.5. The summed E-state index contributed by atoms with van der Waals surface area (Å²) >= 11 is 0. The van der Waals surface area contributed by atoms with Crippen molar-refractivity contribution in [3.05, 3.63) is 29.3 Å². The van der Waals surface area contributed by atoms with Gasteiger partial charge in [0.2, 0.25) is 0 Å². The van der Waals surface area contributed by atoms with Gasteiger partial charge in [-0.15, -0.1) is 0 Å². The minimum absolute atomic E-state index is 0.0803. The van der Waals surface area contributed by atoms with Crippen LogP contribution in [0, 0.1) is 23.0 Å². The van der Waals surface area contributed by atoms with E-state index in [2.05, 4.69) is 5.32 Å². The Labute approximate surface area is 92.3 Å². The first-order valence-electron chi connectivity index (χ1n) is 5.07. The molecule has 0 aromatic heterocycles. The average Bonchev–Trinajstić information content (AvgIpc) is 2.29. The average molecular weight is 223 g/mol. The van der Waals surface area contributed by atoms with Crippen LogP contribution in [0.5, 0.6) is 0 Å². The molecule has 16 heavy (non-hydrogen) atoms. The molecule has 1 saturated heterocycles. The molecular formula is C11H11F2N3. The highest BCUT2D eigenvalue weighted by Crippen LogP contribution is 2.24. The molecule has 1 aliphatic rings. The minimum Gasteiger partial charge on any atom is -0.368 e. The van der Waals surface area contributed by atoms with E-state index in [4.69, 9.17) is 5.26 Å². The number of nitrogens with one attached hydrogen (secondary N) is 1. The van der Waals surface area contributed by atoms with Gasteiger partial charge in [-0.2, -0.15) is 5.26 Å². The number of benzene rings is 1. The van der Waals surface area contributed by atoms with Gasteiger partial charge in [-0.3, -0.25) is 0 Å². The fraction of sp³-hybridized carbons (Fsp3) is 0.364. The molecule has 0 radical (unpaired) electrons. The Balaban J connectivity index is 2.42. The molecule has 1 fully saturated rings. The standard InChI is InChI=1S/C11H11F2N3/c12-8-5-10(13)9(7-14)11(6-8)16-3-1-15-2-4-16/h5-6,15H,1-4H2. The van der Waals surface area contributed by atoms with Gasteiger partial charge < -0.3 is 10.2 Å². The second-order valence-corrected chi connectivity index (χ2v) is 3.63. The first-order valence-corrected chi connectivity index (χ1v) is 5.07. The maximum atomic E-state index is 13.4. The first kappa shape index (κ1) is 10.8. The number of piperazine rings is 1. The normalized spacial score (nSPS) is 15.9. The third kappa shape index (κ3) is 1.97. The Morgan fingerprint density at radius 3 is 2.56 bits per heavy atom. The van der Waals surface area contributed by atoms with Crippen molar-refractivity contribution in [2.75, 3.05) is 31.1 Å². The lowest BCUT2D eigenvalue weighted by molar-refractivity contribution is 0.565. The van der Waals surface area contributed by atoms with Gasteiger partial charge in [0, 0.05) is 32.2 Å². The topological polar surface area (TPSA) is 39.1 Å². The molecule has 1 N–H and O–H groups in total. The second kappa shape index (κ2) is 4.45. The zero-order valence-corrected chi connectivity index (χ0v) is 8.63. The second-order valence-electron chi connectivity index (χ2n) is 3.63. The maximum Gasteiger partial charge on any atom is 0.145 e. The van der Waals surface area contributed by atoms with Crippen molar-refractivity contribution in [3.63, 3.8) is 0 Å². The molecule has 1 heterocycles. The van der Waals surface area contributed by atoms with Crippen LogP contribution < -0.4 is 10.2 Å². The van der Waals surface area contributed by atoms with Gasteiger partial charge in [-0.1, -0.05) is 0 Å². The Morgan fingerprint density at radius 2 is 1.94 bits per heavy atom. The van der Waals surface area contributed by atoms with Gasteiger partial charge in [0.25, 0.3) is 0 Å². The number of halogens is 2. The van der Waals surface area contributed by atoms with Crippen LogP contribution in [0.2, 0.25) is 0 Å². The van der Waals surface area contributed by atoms with E-state index >= 15 is 0 Å². The quantitative estimate of drug-likeness (QED) is 0.778. The van der Waals surface area contributed by atoms with Gasteiger partial charge in [-0.25, -0.2) is 8.78 Å². The van der Waals surface area contributed by atoms with Crippen molar-refractivity contribution in [2.24, 2.45) is 0 Å². The number of hydrogen-bond donors (Lipinski definition) is 1. The van der Waals surface area contributed by atoms with Crippen molar-refractivity contribution in [1.29, 1.82) is 5.26 Å². The lowest BCUT2D eigenvalue weighted by Gasteiger charge is -2.30. The molecule has 0 spiro atoms. The molecule has 84 valence electrons. The lowest BCUT2D eigenvalue weighted by atomic mass is 10.1. The lowest BCUT2D eigenvalue weighted by Crippen LogP contribution is -2.44. The zero-order chi connectivity index (χ0) is 11.5. The molecule has 0 atom stereocenters. The maximum absolute atomic E-state index is 13.4. The van der Waals surface area contributed by atoms with Crippen LogP contribution in [0.25, 0.3) is 0 Å². The van der Waals surface area contributed by atoms with E-state index in [0.29, 0.717) is 18.8 Å². The van der Waals surface area contributed by atoms with E-state index < -0.39 is 11.6 Å². The molecule has 0 aliphatic carbocycles. The zero-order valence-electron chi connectivity index (χ0n) is 8.63. The predicted octanol–water partition coefficient (Wildman–Crippen LogP) is 1.25. The van der Waals surface area contributed by atoms with E-state index in [9.17, 15) is 8.78 Å². The van der Waals surface area contributed by atoms with Crippen LogP contribution in [0.4, 0.5) is 14.5 Å². The Kier molecular flexibility index (Phi) is 3.02. The fourth-order valence-corrected chi connectivity index (χ4v) is 1.83. The highest BCUT2D eigenvalue weighted by molar-refractivity contribution is 5.60. The van der Waals surface area contributed by atoms with E-state index in [1.54, 1.807) is 6.07 Å². The molecule has 3 nitrogen and oxygen atoms in total. The van der Waals surface area contributed by atoms with Crippen molar-refractivity contribution >= 4 is 5.69 Å². The Morgan fingerprint density at radius 1 is 1.25 bits per heavy atom. The van der Waals surface area contributed by atoms with Gasteiger partial charge >= 0.3 is 0 Å². The van der Waals surface area contributed by atoms with Crippen molar-refractivity contribution in [2.45, 2.75) is 0 Å². The van der Waals surface area contributed by atoms with E-state index in [-0.39, 0.29) is 5.56 Å². The molecule has 5 heteroatoms. The smallest absolute Gasteiger partial charge is 0.145 e. The summed E-state index contributed by atoms with van der Waals surface area (Å²) in [5.41, 5.74) is 0.268. The van der Waals surface area contributed by atoms with Crippen molar-refractivity contribution in [3.8, 4) is 6.07 Å². The van der Waals surface area contributed by atoms with Crippen LogP contribution in [-0.2, 0) is 0 Å². The number of hydrogen-bond acceptors (Lipinski definition) is 3. The van der Waals surface area contributed by atoms with Crippen LogP contribution in [0.1, 0.15) is 5.56 Å². The highest BCUT2D eigenvalue weighted by atomic mass is 19.1. The van der Waals surface area contributed by atoms with E-state index in [1.807, 2.05) is 4.90 Å². The van der Waals surface area contributed by atoms with Crippen molar-refractivity contribution < 1.29 is 8.78 Å². The molecule has 0 saturated carbocycles. The molecule has 0 amide bonds. The highest BCUT2D eigenvalue weighted by Gasteiger charge is 2.18. The van der Waals surface area contributed by atoms with Gasteiger partial charge in [0.1, 0.15) is 23.3 Å². The van der Waals surface area contributed by atoms with Gasteiger partial charge in [-0.05, 0) is 6.07 Å². The summed E-state index contributed by atoms with van der Waals surface area (Å²) in [5, 5.41) is 12.0. The molecule has 2 rings (SSSR count). The van der Waals surface area contributed by atoms with Crippen LogP contribution >= 0.6 is 0 Å². The molecular weight excluding hydrogens is 212 g/mol. The van der Waals surface area contributed by atoms with Crippen LogP contribution in [0.3, 0.4) is 0 Å². The fourth-order valence-electron chi connectivity index (χ4n) is 1.83. The van der Waals surface area contributed by atoms with Crippen LogP contribution in [0.15, 0.2) is 12.1 Å². The third-order valence-corrected chi connectivity index (χ3v) is 2.60. The monoisotopic (exact) mass is 223 g/mol. The number of nitrogens with zero attached hydrogens (tertiary/aromatic N) is 2. The summed E-state index contributed by atoms with van der Waals surface area (Å²) in [7, 11) is 0. The molecule has 0 bridgehead atoms. The molecule has 1 aromatic rings. The molecule has 1 aliphatic heterocycles. The number of nitriles is 1. The largest absolute Gasteiger partial charge is 0.368 e. The SMILES string of the molecule is N#Cc1c(F)cc(F)cc1N1CCNCC1. The van der Waals surface area contributed by atoms with Crippen LogP contribution in [-0.4, -0.2) is 26.2 Å². The minimum atomic E-state index is -0.795. The predicted molar refractivity (Wildman–Crippen MR) is 56.2 cm³/mol. The summed E-state index contributed by atoms with van der Waals surface area (Å²) in [4.78, 5) is 1.82. The van der Waals surface area contributed by atoms with Gasteiger partial charge in [0.05, 0.1) is 5.69 Å². The summed E-state index contributed by atoms with van der Waals surface area (Å²) in [6, 6.07) is 3.74. The summed E-state index contributed by atoms with van der Waals surface area (Å²) in [6.45, 7) is 2.81. The summed E-state index contributed by atoms with van der Waals surface area (Å²) in [5.74, 6) is -1.44. The number of anilines is 1. The molecule has 1 aromatic carbocycles. The van der Waals surface area contributed by atoms with E-state index in [1.165, 1.54) is 6.07 Å². The van der Waals surface area contributed by atoms with Gasteiger partial charge in [0.15, 0.2) is 0 Å². The third-order valence-electron chi connectivity index (χ3n) is 2.60. The van der Waals surface area contributed by atoms with Crippen molar-refractivity contribution in [1.82, 2.24) is 5.32 Å². The van der Waals surface area contributed by atoms with E-state index in [0.717, 1.165) is 19.2 Å². The Bertz CT molecular complexity index is 434. The molecule has 0 unspecified atom stereocenters. The summed E-state index contributed by atoms with van der Waals surface area (Å²) in [6.07, 6.45) is 0. The Hall–Kier alpha value is -1.67. The number of rotatable bonds is 1.